The molecule has 29 heavy (non-hydrogen) atoms. The van der Waals surface area contributed by atoms with Crippen LogP contribution in [0.5, 0.6) is 5.75 Å². The van der Waals surface area contributed by atoms with E-state index < -0.39 is 11.7 Å². The first-order chi connectivity index (χ1) is 13.9. The van der Waals surface area contributed by atoms with Crippen molar-refractivity contribution in [3.63, 3.8) is 0 Å². The number of rotatable bonds is 5. The average Bonchev–Trinajstić information content (AvgIpc) is 3.46. The third-order valence-corrected chi connectivity index (χ3v) is 5.31. The van der Waals surface area contributed by atoms with E-state index in [1.807, 2.05) is 16.8 Å². The number of alkyl halides is 3. The normalized spacial score (nSPS) is 16.9. The van der Waals surface area contributed by atoms with Gasteiger partial charge in [0.1, 0.15) is 5.75 Å². The minimum atomic E-state index is -4.46. The molecule has 1 amide bonds. The lowest BCUT2D eigenvalue weighted by atomic mass is 10.1. The predicted octanol–water partition coefficient (Wildman–Crippen LogP) is 4.21. The number of carbonyl (C=O) groups is 1. The van der Waals surface area contributed by atoms with E-state index in [4.69, 9.17) is 9.15 Å². The lowest BCUT2D eigenvalue weighted by Gasteiger charge is -2.16. The van der Waals surface area contributed by atoms with Gasteiger partial charge in [0.15, 0.2) is 6.61 Å². The highest BCUT2D eigenvalue weighted by molar-refractivity contribution is 7.08. The molecule has 1 saturated heterocycles. The maximum absolute atomic E-state index is 12.8. The molecule has 10 heteroatoms. The predicted molar refractivity (Wildman–Crippen MR) is 98.5 cm³/mol. The molecule has 1 aliphatic heterocycles. The van der Waals surface area contributed by atoms with Gasteiger partial charge in [-0.2, -0.15) is 24.5 Å². The molecular formula is C19H16F3N3O3S. The molecule has 0 aliphatic carbocycles. The number of benzene rings is 1. The second-order valence-corrected chi connectivity index (χ2v) is 7.38. The fourth-order valence-corrected chi connectivity index (χ4v) is 3.72. The Morgan fingerprint density at radius 3 is 2.93 bits per heavy atom. The number of amides is 1. The molecular weight excluding hydrogens is 407 g/mol. The summed E-state index contributed by atoms with van der Waals surface area (Å²) in [7, 11) is 0. The molecule has 1 atom stereocenters. The minimum Gasteiger partial charge on any atom is -0.484 e. The molecule has 1 aromatic carbocycles. The van der Waals surface area contributed by atoms with Crippen LogP contribution in [0.25, 0.3) is 11.5 Å². The Morgan fingerprint density at radius 1 is 1.31 bits per heavy atom. The van der Waals surface area contributed by atoms with E-state index in [-0.39, 0.29) is 24.2 Å². The standard InChI is InChI=1S/C19H16F3N3O3S/c20-19(21,22)14-2-1-3-15(8-14)27-10-16(26)25-6-4-12(9-25)17-23-24-18(28-17)13-5-7-29-11-13/h1-3,5,7-8,11-12H,4,6,9-10H2/t12-/m0/s1. The summed E-state index contributed by atoms with van der Waals surface area (Å²) in [6.07, 6.45) is -3.79. The fourth-order valence-electron chi connectivity index (χ4n) is 3.09. The summed E-state index contributed by atoms with van der Waals surface area (Å²) in [5, 5.41) is 12.0. The lowest BCUT2D eigenvalue weighted by molar-refractivity contribution is -0.137. The highest BCUT2D eigenvalue weighted by Crippen LogP contribution is 2.32. The number of likely N-dealkylation sites (tertiary alicyclic amines) is 1. The first-order valence-corrected chi connectivity index (χ1v) is 9.78. The highest BCUT2D eigenvalue weighted by atomic mass is 32.1. The third-order valence-electron chi connectivity index (χ3n) is 4.62. The van der Waals surface area contributed by atoms with Gasteiger partial charge < -0.3 is 14.1 Å². The van der Waals surface area contributed by atoms with E-state index in [0.29, 0.717) is 31.3 Å². The van der Waals surface area contributed by atoms with Crippen LogP contribution in [0, 0.1) is 0 Å². The number of hydrogen-bond donors (Lipinski definition) is 0. The number of nitrogens with zero attached hydrogens (tertiary/aromatic N) is 3. The number of aromatic nitrogens is 2. The Morgan fingerprint density at radius 2 is 2.17 bits per heavy atom. The van der Waals surface area contributed by atoms with Crippen LogP contribution in [-0.4, -0.2) is 40.7 Å². The zero-order valence-corrected chi connectivity index (χ0v) is 15.9. The Kier molecular flexibility index (Phi) is 5.27. The molecule has 4 rings (SSSR count). The van der Waals surface area contributed by atoms with Gasteiger partial charge >= 0.3 is 6.18 Å². The van der Waals surface area contributed by atoms with Crippen LogP contribution in [0.15, 0.2) is 45.5 Å². The second kappa shape index (κ2) is 7.86. The molecule has 6 nitrogen and oxygen atoms in total. The second-order valence-electron chi connectivity index (χ2n) is 6.60. The third kappa shape index (κ3) is 4.42. The van der Waals surface area contributed by atoms with Crippen LogP contribution in [0.3, 0.4) is 0 Å². The fraction of sp³-hybridized carbons (Fsp3) is 0.316. The van der Waals surface area contributed by atoms with Gasteiger partial charge in [-0.3, -0.25) is 4.79 Å². The molecule has 3 heterocycles. The lowest BCUT2D eigenvalue weighted by Crippen LogP contribution is -2.32. The van der Waals surface area contributed by atoms with Crippen LogP contribution >= 0.6 is 11.3 Å². The molecule has 0 spiro atoms. The molecule has 0 bridgehead atoms. The van der Waals surface area contributed by atoms with Crippen LogP contribution in [0.1, 0.15) is 23.8 Å². The Hall–Kier alpha value is -2.88. The van der Waals surface area contributed by atoms with Crippen LogP contribution in [0.2, 0.25) is 0 Å². The Bertz CT molecular complexity index is 988. The van der Waals surface area contributed by atoms with Crippen molar-refractivity contribution in [1.29, 1.82) is 0 Å². The van der Waals surface area contributed by atoms with E-state index in [1.165, 1.54) is 23.5 Å². The first-order valence-electron chi connectivity index (χ1n) is 8.84. The zero-order valence-electron chi connectivity index (χ0n) is 15.1. The molecule has 1 fully saturated rings. The SMILES string of the molecule is O=C(COc1cccc(C(F)(F)F)c1)N1CC[C@H](c2nnc(-c3ccsc3)o2)C1. The maximum atomic E-state index is 12.8. The van der Waals surface area contributed by atoms with Crippen molar-refractivity contribution >= 4 is 17.2 Å². The van der Waals surface area contributed by atoms with Crippen LogP contribution in [-0.2, 0) is 11.0 Å². The van der Waals surface area contributed by atoms with Gasteiger partial charge in [0.2, 0.25) is 11.8 Å². The molecule has 1 aliphatic rings. The van der Waals surface area contributed by atoms with Crippen molar-refractivity contribution < 1.29 is 27.1 Å². The molecule has 152 valence electrons. The molecule has 0 unspecified atom stereocenters. The van der Waals surface area contributed by atoms with Gasteiger partial charge in [0, 0.05) is 24.0 Å². The molecule has 0 saturated carbocycles. The van der Waals surface area contributed by atoms with Crippen molar-refractivity contribution in [3.05, 3.63) is 52.5 Å². The van der Waals surface area contributed by atoms with Gasteiger partial charge in [0.05, 0.1) is 11.5 Å². The maximum Gasteiger partial charge on any atom is 0.416 e. The van der Waals surface area contributed by atoms with Gasteiger partial charge in [-0.05, 0) is 36.1 Å². The van der Waals surface area contributed by atoms with Crippen molar-refractivity contribution in [2.45, 2.75) is 18.5 Å². The molecule has 0 N–H and O–H groups in total. The smallest absolute Gasteiger partial charge is 0.416 e. The van der Waals surface area contributed by atoms with Crippen molar-refractivity contribution in [1.82, 2.24) is 15.1 Å². The Balaban J connectivity index is 1.33. The van der Waals surface area contributed by atoms with E-state index in [9.17, 15) is 18.0 Å². The Labute approximate surface area is 167 Å². The van der Waals surface area contributed by atoms with Gasteiger partial charge in [-0.25, -0.2) is 0 Å². The quantitative estimate of drug-likeness (QED) is 0.615. The molecule has 0 radical (unpaired) electrons. The molecule has 3 aromatic rings. The topological polar surface area (TPSA) is 68.5 Å². The van der Waals surface area contributed by atoms with E-state index >= 15 is 0 Å². The summed E-state index contributed by atoms with van der Waals surface area (Å²) in [6, 6.07) is 6.35. The highest BCUT2D eigenvalue weighted by Gasteiger charge is 2.32. The summed E-state index contributed by atoms with van der Waals surface area (Å²) < 4.78 is 49.3. The van der Waals surface area contributed by atoms with Crippen LogP contribution in [0.4, 0.5) is 13.2 Å². The van der Waals surface area contributed by atoms with E-state index in [0.717, 1.165) is 17.7 Å². The van der Waals surface area contributed by atoms with Crippen LogP contribution < -0.4 is 4.74 Å². The van der Waals surface area contributed by atoms with Gasteiger partial charge in [0.25, 0.3) is 5.91 Å². The largest absolute Gasteiger partial charge is 0.484 e. The minimum absolute atomic E-state index is 0.00114. The van der Waals surface area contributed by atoms with Crippen molar-refractivity contribution in [2.24, 2.45) is 0 Å². The average molecular weight is 423 g/mol. The summed E-state index contributed by atoms with van der Waals surface area (Å²) in [4.78, 5) is 14.0. The molecule has 2 aromatic heterocycles. The first kappa shape index (κ1) is 19.4. The summed E-state index contributed by atoms with van der Waals surface area (Å²) in [5.74, 6) is 0.537. The van der Waals surface area contributed by atoms with Gasteiger partial charge in [-0.15, -0.1) is 10.2 Å². The summed E-state index contributed by atoms with van der Waals surface area (Å²) in [5.41, 5.74) is 0.0377. The van der Waals surface area contributed by atoms with Crippen molar-refractivity contribution in [2.75, 3.05) is 19.7 Å². The number of halogens is 3. The zero-order chi connectivity index (χ0) is 20.4. The number of carbonyl (C=O) groups excluding carboxylic acids is 1. The number of thiophene rings is 1. The number of hydrogen-bond acceptors (Lipinski definition) is 6. The van der Waals surface area contributed by atoms with E-state index in [1.54, 1.807) is 4.90 Å². The number of ether oxygens (including phenoxy) is 1. The van der Waals surface area contributed by atoms with Gasteiger partial charge in [-0.1, -0.05) is 6.07 Å². The van der Waals surface area contributed by atoms with Crippen molar-refractivity contribution in [3.8, 4) is 17.2 Å². The summed E-state index contributed by atoms with van der Waals surface area (Å²) in [6.45, 7) is 0.555. The summed E-state index contributed by atoms with van der Waals surface area (Å²) >= 11 is 1.53. The monoisotopic (exact) mass is 423 g/mol. The van der Waals surface area contributed by atoms with E-state index in [2.05, 4.69) is 10.2 Å².